The van der Waals surface area contributed by atoms with Gasteiger partial charge in [0.25, 0.3) is 5.91 Å². The molecule has 1 aliphatic rings. The van der Waals surface area contributed by atoms with Crippen molar-refractivity contribution in [1.29, 1.82) is 0 Å². The highest BCUT2D eigenvalue weighted by atomic mass is 16.5. The van der Waals surface area contributed by atoms with E-state index >= 15 is 0 Å². The maximum absolute atomic E-state index is 11.9. The molecule has 1 aromatic carbocycles. The maximum Gasteiger partial charge on any atom is 0.258 e. The number of nitrogens with one attached hydrogen (secondary N) is 2. The Morgan fingerprint density at radius 1 is 1.21 bits per heavy atom. The second-order valence-electron chi connectivity index (χ2n) is 8.47. The van der Waals surface area contributed by atoms with Crippen LogP contribution in [0.25, 0.3) is 11.4 Å². The van der Waals surface area contributed by atoms with E-state index in [0.29, 0.717) is 17.4 Å². The lowest BCUT2D eigenvalue weighted by molar-refractivity contribution is -0.123. The molecule has 0 atom stereocenters. The number of aromatic nitrogens is 2. The van der Waals surface area contributed by atoms with Gasteiger partial charge in [-0.25, -0.2) is 9.97 Å². The van der Waals surface area contributed by atoms with E-state index in [2.05, 4.69) is 34.1 Å². The van der Waals surface area contributed by atoms with E-state index in [1.807, 2.05) is 57.2 Å². The molecule has 1 amide bonds. The summed E-state index contributed by atoms with van der Waals surface area (Å²) in [7, 11) is 2.13. The number of carbonyl (C=O) groups excluding carboxylic acids is 1. The molecule has 0 spiro atoms. The average molecular weight is 451 g/mol. The third kappa shape index (κ3) is 7.32. The van der Waals surface area contributed by atoms with Gasteiger partial charge in [0.15, 0.2) is 12.4 Å². The fourth-order valence-corrected chi connectivity index (χ4v) is 3.48. The Morgan fingerprint density at radius 2 is 1.97 bits per heavy atom. The summed E-state index contributed by atoms with van der Waals surface area (Å²) in [6.45, 7) is 13.3. The Hall–Kier alpha value is -3.39. The Morgan fingerprint density at radius 3 is 2.67 bits per heavy atom. The van der Waals surface area contributed by atoms with Crippen molar-refractivity contribution in [3.8, 4) is 17.1 Å². The summed E-state index contributed by atoms with van der Waals surface area (Å²) in [6, 6.07) is 9.57. The van der Waals surface area contributed by atoms with Gasteiger partial charge in [0.2, 0.25) is 0 Å². The molecule has 2 N–H and O–H groups in total. The number of hydrogen-bond acceptors (Lipinski definition) is 7. The van der Waals surface area contributed by atoms with Gasteiger partial charge in [-0.05, 0) is 46.0 Å². The van der Waals surface area contributed by atoms with Gasteiger partial charge < -0.3 is 25.2 Å². The van der Waals surface area contributed by atoms with E-state index in [4.69, 9.17) is 14.7 Å². The number of likely N-dealkylation sites (N-methyl/N-ethyl adjacent to an activating group) is 1. The number of piperazine rings is 1. The molecule has 0 aliphatic carbocycles. The van der Waals surface area contributed by atoms with Crippen molar-refractivity contribution in [3.05, 3.63) is 54.8 Å². The van der Waals surface area contributed by atoms with Crippen LogP contribution in [0.15, 0.2) is 54.8 Å². The first-order chi connectivity index (χ1) is 15.8. The minimum absolute atomic E-state index is 0.0395. The summed E-state index contributed by atoms with van der Waals surface area (Å²) in [4.78, 5) is 26.1. The Kier molecular flexibility index (Phi) is 8.43. The Bertz CT molecular complexity index is 996. The van der Waals surface area contributed by atoms with Crippen LogP contribution < -0.4 is 20.3 Å². The van der Waals surface area contributed by atoms with Gasteiger partial charge in [0.1, 0.15) is 17.4 Å². The van der Waals surface area contributed by atoms with Crippen molar-refractivity contribution < 1.29 is 9.53 Å². The first kappa shape index (κ1) is 24.3. The monoisotopic (exact) mass is 450 g/mol. The molecule has 3 rings (SSSR count). The largest absolute Gasteiger partial charge is 0.484 e. The number of hydrogen-bond donors (Lipinski definition) is 2. The van der Waals surface area contributed by atoms with Crippen molar-refractivity contribution in [2.24, 2.45) is 0 Å². The highest BCUT2D eigenvalue weighted by Crippen LogP contribution is 2.26. The summed E-state index contributed by atoms with van der Waals surface area (Å²) in [5.74, 6) is 2.63. The highest BCUT2D eigenvalue weighted by Gasteiger charge is 2.18. The number of allylic oxidation sites excluding steroid dienone is 3. The van der Waals surface area contributed by atoms with Crippen LogP contribution in [0.5, 0.6) is 5.75 Å². The van der Waals surface area contributed by atoms with Gasteiger partial charge >= 0.3 is 0 Å². The van der Waals surface area contributed by atoms with Gasteiger partial charge in [0.05, 0.1) is 0 Å². The number of ether oxygens (including phenoxy) is 1. The molecule has 176 valence electrons. The van der Waals surface area contributed by atoms with Crippen LogP contribution in [0.1, 0.15) is 20.8 Å². The van der Waals surface area contributed by atoms with Gasteiger partial charge in [-0.15, -0.1) is 0 Å². The Balaban J connectivity index is 1.87. The van der Waals surface area contributed by atoms with Gasteiger partial charge in [0, 0.05) is 49.5 Å². The second-order valence-corrected chi connectivity index (χ2v) is 8.47. The minimum Gasteiger partial charge on any atom is -0.484 e. The number of nitrogens with zero attached hydrogens (tertiary/aromatic N) is 4. The average Bonchev–Trinajstić information content (AvgIpc) is 2.78. The van der Waals surface area contributed by atoms with Crippen LogP contribution in [-0.4, -0.2) is 66.7 Å². The van der Waals surface area contributed by atoms with Crippen molar-refractivity contribution in [3.63, 3.8) is 0 Å². The van der Waals surface area contributed by atoms with E-state index in [1.165, 1.54) is 0 Å². The first-order valence-electron chi connectivity index (χ1n) is 11.3. The zero-order valence-electron chi connectivity index (χ0n) is 20.0. The molecule has 0 unspecified atom stereocenters. The molecule has 0 bridgehead atoms. The number of amides is 1. The standard InChI is InChI=1S/C25H34N6O2/c1-6-8-19(4)27-22-16-23(31-13-11-30(5)12-14-31)29-25(28-22)20-9-7-10-21(15-20)33-17-24(32)26-18(2)3/h6-10,15-16,18H,1,11-14,17H2,2-5H3,(H,26,32)(H,27,28,29)/b19-8+. The summed E-state index contributed by atoms with van der Waals surface area (Å²) in [5.41, 5.74) is 1.76. The summed E-state index contributed by atoms with van der Waals surface area (Å²) < 4.78 is 5.70. The van der Waals surface area contributed by atoms with E-state index in [-0.39, 0.29) is 18.6 Å². The minimum atomic E-state index is -0.153. The van der Waals surface area contributed by atoms with Crippen LogP contribution in [-0.2, 0) is 4.79 Å². The summed E-state index contributed by atoms with van der Waals surface area (Å²) >= 11 is 0. The molecule has 1 saturated heterocycles. The fourth-order valence-electron chi connectivity index (χ4n) is 3.48. The van der Waals surface area contributed by atoms with Crippen molar-refractivity contribution in [2.45, 2.75) is 26.8 Å². The molecule has 2 aromatic rings. The predicted octanol–water partition coefficient (Wildman–Crippen LogP) is 3.30. The summed E-state index contributed by atoms with van der Waals surface area (Å²) in [6.07, 6.45) is 3.63. The molecular weight excluding hydrogens is 416 g/mol. The van der Waals surface area contributed by atoms with Crippen LogP contribution in [0.4, 0.5) is 11.6 Å². The van der Waals surface area contributed by atoms with E-state index in [9.17, 15) is 4.79 Å². The fraction of sp³-hybridized carbons (Fsp3) is 0.400. The van der Waals surface area contributed by atoms with Crippen LogP contribution >= 0.6 is 0 Å². The molecule has 0 saturated carbocycles. The smallest absolute Gasteiger partial charge is 0.258 e. The number of rotatable bonds is 9. The molecule has 2 heterocycles. The topological polar surface area (TPSA) is 82.6 Å². The van der Waals surface area contributed by atoms with Gasteiger partial charge in [-0.1, -0.05) is 24.8 Å². The number of anilines is 2. The van der Waals surface area contributed by atoms with E-state index in [1.54, 1.807) is 6.08 Å². The van der Waals surface area contributed by atoms with Crippen molar-refractivity contribution >= 4 is 17.5 Å². The predicted molar refractivity (Wildman–Crippen MR) is 134 cm³/mol. The first-order valence-corrected chi connectivity index (χ1v) is 11.3. The quantitative estimate of drug-likeness (QED) is 0.567. The SMILES string of the molecule is C=C/C=C(\C)Nc1cc(N2CCN(C)CC2)nc(-c2cccc(OCC(=O)NC(C)C)c2)n1. The summed E-state index contributed by atoms with van der Waals surface area (Å²) in [5, 5.41) is 6.16. The van der Waals surface area contributed by atoms with Crippen LogP contribution in [0.2, 0.25) is 0 Å². The lowest BCUT2D eigenvalue weighted by Crippen LogP contribution is -2.44. The highest BCUT2D eigenvalue weighted by molar-refractivity contribution is 5.77. The molecule has 1 fully saturated rings. The molecule has 1 aromatic heterocycles. The zero-order chi connectivity index (χ0) is 23.8. The lowest BCUT2D eigenvalue weighted by atomic mass is 10.2. The van der Waals surface area contributed by atoms with Gasteiger partial charge in [-0.3, -0.25) is 4.79 Å². The molecule has 8 nitrogen and oxygen atoms in total. The third-order valence-corrected chi connectivity index (χ3v) is 5.14. The molecule has 1 aliphatic heterocycles. The lowest BCUT2D eigenvalue weighted by Gasteiger charge is -2.33. The molecule has 33 heavy (non-hydrogen) atoms. The Labute approximate surface area is 196 Å². The second kappa shape index (κ2) is 11.5. The van der Waals surface area contributed by atoms with Crippen molar-refractivity contribution in [1.82, 2.24) is 20.2 Å². The van der Waals surface area contributed by atoms with Crippen LogP contribution in [0.3, 0.4) is 0 Å². The molecule has 0 radical (unpaired) electrons. The number of benzene rings is 1. The van der Waals surface area contributed by atoms with E-state index in [0.717, 1.165) is 43.3 Å². The van der Waals surface area contributed by atoms with Crippen LogP contribution in [0, 0.1) is 0 Å². The van der Waals surface area contributed by atoms with Crippen molar-refractivity contribution in [2.75, 3.05) is 50.1 Å². The normalized spacial score (nSPS) is 14.8. The van der Waals surface area contributed by atoms with E-state index < -0.39 is 0 Å². The number of carbonyl (C=O) groups is 1. The maximum atomic E-state index is 11.9. The van der Waals surface area contributed by atoms with Gasteiger partial charge in [-0.2, -0.15) is 0 Å². The third-order valence-electron chi connectivity index (χ3n) is 5.14. The zero-order valence-corrected chi connectivity index (χ0v) is 20.0. The molecular formula is C25H34N6O2. The molecule has 8 heteroatoms.